The third kappa shape index (κ3) is 4.29. The molecule has 136 valence electrons. The fraction of sp³-hybridized carbons (Fsp3) is 0.263. The van der Waals surface area contributed by atoms with E-state index in [0.717, 1.165) is 11.3 Å². The molecule has 0 bridgehead atoms. The second-order valence-electron chi connectivity index (χ2n) is 6.19. The van der Waals surface area contributed by atoms with E-state index in [0.29, 0.717) is 22.2 Å². The van der Waals surface area contributed by atoms with Crippen LogP contribution in [0.1, 0.15) is 5.56 Å². The largest absolute Gasteiger partial charge is 0.492 e. The molecule has 2 aromatic carbocycles. The number of carbonyl (C=O) groups is 2. The Bertz CT molecular complexity index is 841. The number of likely N-dealkylation sites (N-methyl/N-ethyl adjacent to an activating group) is 1. The molecule has 1 N–H and O–H groups in total. The monoisotopic (exact) mass is 392 g/mol. The lowest BCUT2D eigenvalue weighted by molar-refractivity contribution is -0.138. The molecule has 1 atom stereocenters. The van der Waals surface area contributed by atoms with Gasteiger partial charge in [-0.2, -0.15) is 0 Å². The second-order valence-corrected chi connectivity index (χ2v) is 7.03. The first kappa shape index (κ1) is 18.5. The molecule has 2 amide bonds. The molecule has 0 aliphatic carbocycles. The van der Waals surface area contributed by atoms with Gasteiger partial charge in [-0.15, -0.1) is 0 Å². The molecule has 0 spiro atoms. The predicted octanol–water partition coefficient (Wildman–Crippen LogP) is 3.64. The van der Waals surface area contributed by atoms with Crippen molar-refractivity contribution in [3.05, 3.63) is 58.1 Å². The normalized spacial score (nSPS) is 15.6. The van der Waals surface area contributed by atoms with E-state index in [2.05, 4.69) is 5.32 Å². The molecule has 26 heavy (non-hydrogen) atoms. The minimum atomic E-state index is -0.348. The molecule has 0 saturated heterocycles. The van der Waals surface area contributed by atoms with Crippen molar-refractivity contribution >= 4 is 40.7 Å². The number of para-hydroxylation sites is 1. The summed E-state index contributed by atoms with van der Waals surface area (Å²) in [6.45, 7) is 0.215. The molecule has 1 aliphatic rings. The first-order valence-corrected chi connectivity index (χ1v) is 8.90. The summed E-state index contributed by atoms with van der Waals surface area (Å²) in [5.74, 6) is -0.0595. The van der Waals surface area contributed by atoms with E-state index in [1.54, 1.807) is 49.5 Å². The van der Waals surface area contributed by atoms with Crippen molar-refractivity contribution in [1.82, 2.24) is 4.90 Å². The highest BCUT2D eigenvalue weighted by Gasteiger charge is 2.29. The van der Waals surface area contributed by atoms with Crippen LogP contribution in [-0.4, -0.2) is 36.9 Å². The summed E-state index contributed by atoms with van der Waals surface area (Å²) in [5.41, 5.74) is 1.42. The van der Waals surface area contributed by atoms with Crippen LogP contribution in [0.5, 0.6) is 5.75 Å². The highest BCUT2D eigenvalue weighted by molar-refractivity contribution is 6.33. The van der Waals surface area contributed by atoms with Gasteiger partial charge in [-0.05, 0) is 42.3 Å². The number of fused-ring (bicyclic) bond motifs is 1. The van der Waals surface area contributed by atoms with E-state index in [-0.39, 0.29) is 30.9 Å². The summed E-state index contributed by atoms with van der Waals surface area (Å²) in [5, 5.41) is 3.76. The molecule has 0 fully saturated rings. The van der Waals surface area contributed by atoms with Crippen LogP contribution in [0, 0.1) is 5.92 Å². The van der Waals surface area contributed by atoms with E-state index in [9.17, 15) is 9.59 Å². The molecule has 1 aliphatic heterocycles. The van der Waals surface area contributed by atoms with Gasteiger partial charge < -0.3 is 15.0 Å². The van der Waals surface area contributed by atoms with E-state index in [1.807, 2.05) is 0 Å². The summed E-state index contributed by atoms with van der Waals surface area (Å²) in [4.78, 5) is 26.2. The number of nitrogens with one attached hydrogen (secondary N) is 1. The third-order valence-electron chi connectivity index (χ3n) is 4.18. The van der Waals surface area contributed by atoms with Gasteiger partial charge in [0, 0.05) is 12.1 Å². The first-order chi connectivity index (χ1) is 12.4. The van der Waals surface area contributed by atoms with Crippen molar-refractivity contribution < 1.29 is 14.3 Å². The average molecular weight is 393 g/mol. The van der Waals surface area contributed by atoms with Crippen LogP contribution < -0.4 is 10.1 Å². The lowest BCUT2D eigenvalue weighted by Gasteiger charge is -2.28. The number of amides is 2. The van der Waals surface area contributed by atoms with Gasteiger partial charge in [-0.3, -0.25) is 9.59 Å². The van der Waals surface area contributed by atoms with Gasteiger partial charge in [0.1, 0.15) is 12.4 Å². The van der Waals surface area contributed by atoms with Crippen molar-refractivity contribution in [2.24, 2.45) is 5.92 Å². The van der Waals surface area contributed by atoms with Crippen LogP contribution in [0.15, 0.2) is 42.5 Å². The van der Waals surface area contributed by atoms with Gasteiger partial charge in [-0.25, -0.2) is 0 Å². The van der Waals surface area contributed by atoms with Crippen LogP contribution in [0.25, 0.3) is 0 Å². The van der Waals surface area contributed by atoms with Crippen LogP contribution in [-0.2, 0) is 16.0 Å². The summed E-state index contributed by atoms with van der Waals surface area (Å²) in [6, 6.07) is 12.3. The molecule has 5 nitrogen and oxygen atoms in total. The van der Waals surface area contributed by atoms with Gasteiger partial charge in [0.05, 0.1) is 23.2 Å². The summed E-state index contributed by atoms with van der Waals surface area (Å²) in [7, 11) is 1.60. The molecular weight excluding hydrogens is 375 g/mol. The molecule has 1 heterocycles. The number of hydrogen-bond donors (Lipinski definition) is 1. The number of nitrogens with zero attached hydrogens (tertiary/aromatic N) is 1. The Kier molecular flexibility index (Phi) is 5.69. The zero-order chi connectivity index (χ0) is 18.7. The van der Waals surface area contributed by atoms with Crippen LogP contribution in [0.2, 0.25) is 10.0 Å². The number of benzene rings is 2. The van der Waals surface area contributed by atoms with Crippen LogP contribution in [0.4, 0.5) is 5.69 Å². The van der Waals surface area contributed by atoms with Gasteiger partial charge >= 0.3 is 0 Å². The Morgan fingerprint density at radius 3 is 2.77 bits per heavy atom. The molecule has 0 aromatic heterocycles. The van der Waals surface area contributed by atoms with Crippen LogP contribution >= 0.6 is 23.2 Å². The Morgan fingerprint density at radius 1 is 1.23 bits per heavy atom. The fourth-order valence-electron chi connectivity index (χ4n) is 2.88. The van der Waals surface area contributed by atoms with Crippen molar-refractivity contribution in [3.63, 3.8) is 0 Å². The van der Waals surface area contributed by atoms with E-state index < -0.39 is 0 Å². The number of hydrogen-bond acceptors (Lipinski definition) is 3. The number of ether oxygens (including phenoxy) is 1. The van der Waals surface area contributed by atoms with Gasteiger partial charge in [-0.1, -0.05) is 35.3 Å². The molecular formula is C19H18Cl2N2O3. The maximum Gasteiger partial charge on any atom is 0.244 e. The second kappa shape index (κ2) is 7.98. The van der Waals surface area contributed by atoms with Gasteiger partial charge in [0.2, 0.25) is 11.8 Å². The number of rotatable bonds is 4. The van der Waals surface area contributed by atoms with E-state index >= 15 is 0 Å². The molecule has 0 saturated carbocycles. The summed E-state index contributed by atoms with van der Waals surface area (Å²) >= 11 is 12.0. The van der Waals surface area contributed by atoms with E-state index in [1.165, 1.54) is 4.90 Å². The van der Waals surface area contributed by atoms with Gasteiger partial charge in [0.15, 0.2) is 0 Å². The maximum absolute atomic E-state index is 12.7. The van der Waals surface area contributed by atoms with Crippen molar-refractivity contribution in [3.8, 4) is 5.75 Å². The van der Waals surface area contributed by atoms with E-state index in [4.69, 9.17) is 27.9 Å². The summed E-state index contributed by atoms with van der Waals surface area (Å²) < 4.78 is 5.65. The summed E-state index contributed by atoms with van der Waals surface area (Å²) in [6.07, 6.45) is 0.533. The standard InChI is InChI=1S/C19H18Cl2N2O3/c1-23(10-18(24)22-16-5-3-2-4-15(16)21)19(25)13-8-12-9-14(20)6-7-17(12)26-11-13/h2-7,9,13H,8,10-11H2,1H3,(H,22,24)/t13-/m1/s1. The Hall–Kier alpha value is -2.24. The highest BCUT2D eigenvalue weighted by Crippen LogP contribution is 2.30. The molecule has 7 heteroatoms. The Balaban J connectivity index is 1.59. The SMILES string of the molecule is CN(CC(=O)Nc1ccccc1Cl)C(=O)[C@H]1COc2ccc(Cl)cc2C1. The first-order valence-electron chi connectivity index (χ1n) is 8.14. The average Bonchev–Trinajstić information content (AvgIpc) is 2.62. The third-order valence-corrected chi connectivity index (χ3v) is 4.75. The molecule has 3 rings (SSSR count). The number of halogens is 2. The zero-order valence-electron chi connectivity index (χ0n) is 14.2. The Labute approximate surface area is 161 Å². The lowest BCUT2D eigenvalue weighted by Crippen LogP contribution is -2.42. The highest BCUT2D eigenvalue weighted by atomic mass is 35.5. The molecule has 2 aromatic rings. The fourth-order valence-corrected chi connectivity index (χ4v) is 3.26. The minimum Gasteiger partial charge on any atom is -0.492 e. The van der Waals surface area contributed by atoms with Gasteiger partial charge in [0.25, 0.3) is 0 Å². The quantitative estimate of drug-likeness (QED) is 0.863. The molecule has 0 radical (unpaired) electrons. The van der Waals surface area contributed by atoms with Crippen molar-refractivity contribution in [2.75, 3.05) is 25.5 Å². The Morgan fingerprint density at radius 2 is 2.00 bits per heavy atom. The van der Waals surface area contributed by atoms with Crippen LogP contribution in [0.3, 0.4) is 0 Å². The smallest absolute Gasteiger partial charge is 0.244 e. The predicted molar refractivity (Wildman–Crippen MR) is 102 cm³/mol. The number of anilines is 1. The van der Waals surface area contributed by atoms with Crippen molar-refractivity contribution in [2.45, 2.75) is 6.42 Å². The minimum absolute atomic E-state index is 0.0665. The van der Waals surface area contributed by atoms with Crippen molar-refractivity contribution in [1.29, 1.82) is 0 Å². The lowest BCUT2D eigenvalue weighted by atomic mass is 9.95. The molecule has 0 unspecified atom stereocenters. The topological polar surface area (TPSA) is 58.6 Å². The number of carbonyl (C=O) groups excluding carboxylic acids is 2. The zero-order valence-corrected chi connectivity index (χ0v) is 15.7. The maximum atomic E-state index is 12.7.